The number of carboxylic acid groups (broad SMARTS) is 1. The van der Waals surface area contributed by atoms with Crippen LogP contribution in [0.25, 0.3) is 0 Å². The van der Waals surface area contributed by atoms with Crippen molar-refractivity contribution in [3.05, 3.63) is 18.1 Å². The number of anilines is 1. The van der Waals surface area contributed by atoms with Gasteiger partial charge < -0.3 is 15.3 Å². The van der Waals surface area contributed by atoms with Crippen molar-refractivity contribution in [2.75, 3.05) is 25.5 Å². The molecule has 7 nitrogen and oxygen atoms in total. The zero-order valence-corrected chi connectivity index (χ0v) is 8.97. The van der Waals surface area contributed by atoms with E-state index in [0.717, 1.165) is 6.20 Å². The number of likely N-dealkylation sites (N-methyl/N-ethyl adjacent to an activating group) is 2. The van der Waals surface area contributed by atoms with Gasteiger partial charge in [0.1, 0.15) is 5.82 Å². The first-order chi connectivity index (χ1) is 7.54. The van der Waals surface area contributed by atoms with E-state index in [4.69, 9.17) is 5.11 Å². The molecule has 0 unspecified atom stereocenters. The summed E-state index contributed by atoms with van der Waals surface area (Å²) in [7, 11) is 3.15. The number of nitrogens with zero attached hydrogens (tertiary/aromatic N) is 3. The zero-order valence-electron chi connectivity index (χ0n) is 8.97. The maximum Gasteiger partial charge on any atom is 0.356 e. The van der Waals surface area contributed by atoms with Crippen LogP contribution in [-0.4, -0.2) is 47.6 Å². The summed E-state index contributed by atoms with van der Waals surface area (Å²) in [6.45, 7) is 0.0915. The Kier molecular flexibility index (Phi) is 3.76. The van der Waals surface area contributed by atoms with Gasteiger partial charge in [0, 0.05) is 14.1 Å². The Morgan fingerprint density at radius 2 is 2.19 bits per heavy atom. The molecule has 0 aliphatic carbocycles. The second-order valence-corrected chi connectivity index (χ2v) is 3.10. The van der Waals surface area contributed by atoms with E-state index >= 15 is 0 Å². The second-order valence-electron chi connectivity index (χ2n) is 3.10. The van der Waals surface area contributed by atoms with Crippen molar-refractivity contribution in [2.45, 2.75) is 0 Å². The van der Waals surface area contributed by atoms with Crippen molar-refractivity contribution in [2.24, 2.45) is 0 Å². The first-order valence-electron chi connectivity index (χ1n) is 4.51. The molecule has 1 aromatic heterocycles. The molecule has 1 heterocycles. The average molecular weight is 224 g/mol. The van der Waals surface area contributed by atoms with Crippen molar-refractivity contribution < 1.29 is 14.7 Å². The van der Waals surface area contributed by atoms with Crippen LogP contribution in [0, 0.1) is 0 Å². The monoisotopic (exact) mass is 224 g/mol. The van der Waals surface area contributed by atoms with Gasteiger partial charge in [0.2, 0.25) is 5.91 Å². The molecule has 0 fully saturated rings. The minimum atomic E-state index is -1.15. The van der Waals surface area contributed by atoms with Crippen LogP contribution in [0.5, 0.6) is 0 Å². The number of hydrogen-bond acceptors (Lipinski definition) is 5. The molecule has 0 bridgehead atoms. The molecule has 16 heavy (non-hydrogen) atoms. The number of aromatic carboxylic acids is 1. The van der Waals surface area contributed by atoms with Crippen LogP contribution >= 0.6 is 0 Å². The number of nitrogens with one attached hydrogen (secondary N) is 1. The highest BCUT2D eigenvalue weighted by atomic mass is 16.4. The minimum absolute atomic E-state index is 0.0915. The van der Waals surface area contributed by atoms with Crippen molar-refractivity contribution in [3.63, 3.8) is 0 Å². The normalized spacial score (nSPS) is 9.62. The minimum Gasteiger partial charge on any atom is -0.476 e. The molecule has 1 amide bonds. The first kappa shape index (κ1) is 11.9. The van der Waals surface area contributed by atoms with E-state index in [2.05, 4.69) is 15.3 Å². The van der Waals surface area contributed by atoms with E-state index in [9.17, 15) is 9.59 Å². The summed E-state index contributed by atoms with van der Waals surface area (Å²) in [5.41, 5.74) is -0.152. The molecule has 1 aromatic rings. The van der Waals surface area contributed by atoms with Crippen LogP contribution in [0.4, 0.5) is 5.82 Å². The zero-order chi connectivity index (χ0) is 12.1. The Balaban J connectivity index is 2.83. The van der Waals surface area contributed by atoms with Gasteiger partial charge in [-0.2, -0.15) is 0 Å². The summed E-state index contributed by atoms with van der Waals surface area (Å²) in [6.07, 6.45) is 2.55. The molecular weight excluding hydrogens is 212 g/mol. The fourth-order valence-electron chi connectivity index (χ4n) is 1.02. The van der Waals surface area contributed by atoms with Crippen molar-refractivity contribution in [3.8, 4) is 0 Å². The number of carboxylic acids is 1. The largest absolute Gasteiger partial charge is 0.476 e. The number of carbonyl (C=O) groups excluding carboxylic acids is 1. The predicted molar refractivity (Wildman–Crippen MR) is 56.3 cm³/mol. The standard InChI is InChI=1S/C9H12N4O3/c1-10-8(14)5-13(2)7-4-11-3-6(12-7)9(15)16/h3-4H,5H2,1-2H3,(H,10,14)(H,15,16). The first-order valence-corrected chi connectivity index (χ1v) is 4.51. The fraction of sp³-hybridized carbons (Fsp3) is 0.333. The molecular formula is C9H12N4O3. The lowest BCUT2D eigenvalue weighted by Gasteiger charge is -2.16. The summed E-state index contributed by atoms with van der Waals surface area (Å²) in [4.78, 5) is 30.8. The maximum absolute atomic E-state index is 11.1. The summed E-state index contributed by atoms with van der Waals surface area (Å²) in [5.74, 6) is -1.00. The van der Waals surface area contributed by atoms with E-state index in [-0.39, 0.29) is 18.1 Å². The number of carbonyl (C=O) groups is 2. The molecule has 7 heteroatoms. The van der Waals surface area contributed by atoms with Crippen LogP contribution in [-0.2, 0) is 4.79 Å². The predicted octanol–water partition coefficient (Wildman–Crippen LogP) is -0.643. The Bertz CT molecular complexity index is 407. The van der Waals surface area contributed by atoms with Crippen LogP contribution in [0.3, 0.4) is 0 Å². The summed E-state index contributed by atoms with van der Waals surface area (Å²) in [6, 6.07) is 0. The van der Waals surface area contributed by atoms with E-state index in [0.29, 0.717) is 5.82 Å². The van der Waals surface area contributed by atoms with Gasteiger partial charge in [-0.05, 0) is 0 Å². The highest BCUT2D eigenvalue weighted by Crippen LogP contribution is 2.06. The molecule has 2 N–H and O–H groups in total. The third kappa shape index (κ3) is 2.91. The maximum atomic E-state index is 11.1. The van der Waals surface area contributed by atoms with Crippen molar-refractivity contribution >= 4 is 17.7 Å². The number of rotatable bonds is 4. The molecule has 0 radical (unpaired) electrons. The highest BCUT2D eigenvalue weighted by Gasteiger charge is 2.11. The summed E-state index contributed by atoms with van der Waals surface area (Å²) < 4.78 is 0. The lowest BCUT2D eigenvalue weighted by Crippen LogP contribution is -2.33. The number of aromatic nitrogens is 2. The van der Waals surface area contributed by atoms with Gasteiger partial charge in [-0.1, -0.05) is 0 Å². The third-order valence-electron chi connectivity index (χ3n) is 1.89. The number of amides is 1. The van der Waals surface area contributed by atoms with Gasteiger partial charge in [-0.3, -0.25) is 9.78 Å². The molecule has 86 valence electrons. The van der Waals surface area contributed by atoms with E-state index in [1.165, 1.54) is 18.1 Å². The van der Waals surface area contributed by atoms with E-state index in [1.807, 2.05) is 0 Å². The summed E-state index contributed by atoms with van der Waals surface area (Å²) in [5, 5.41) is 11.2. The van der Waals surface area contributed by atoms with E-state index in [1.54, 1.807) is 7.05 Å². The third-order valence-corrected chi connectivity index (χ3v) is 1.89. The molecule has 0 aromatic carbocycles. The molecule has 0 saturated heterocycles. The van der Waals surface area contributed by atoms with Crippen LogP contribution in [0.2, 0.25) is 0 Å². The second kappa shape index (κ2) is 5.06. The van der Waals surface area contributed by atoms with Gasteiger partial charge in [0.15, 0.2) is 5.69 Å². The van der Waals surface area contributed by atoms with Gasteiger partial charge in [-0.25, -0.2) is 9.78 Å². The molecule has 0 aliphatic heterocycles. The quantitative estimate of drug-likeness (QED) is 0.706. The average Bonchev–Trinajstić information content (AvgIpc) is 2.28. The molecule has 0 aliphatic rings. The Labute approximate surface area is 92.1 Å². The SMILES string of the molecule is CNC(=O)CN(C)c1cncc(C(=O)O)n1. The smallest absolute Gasteiger partial charge is 0.356 e. The Morgan fingerprint density at radius 1 is 1.50 bits per heavy atom. The molecule has 0 atom stereocenters. The highest BCUT2D eigenvalue weighted by molar-refractivity contribution is 5.85. The van der Waals surface area contributed by atoms with Gasteiger partial charge in [0.05, 0.1) is 18.9 Å². The fourth-order valence-corrected chi connectivity index (χ4v) is 1.02. The van der Waals surface area contributed by atoms with Crippen LogP contribution in [0.1, 0.15) is 10.5 Å². The Morgan fingerprint density at radius 3 is 2.75 bits per heavy atom. The lowest BCUT2D eigenvalue weighted by atomic mass is 10.4. The van der Waals surface area contributed by atoms with Crippen LogP contribution in [0.15, 0.2) is 12.4 Å². The van der Waals surface area contributed by atoms with Crippen molar-refractivity contribution in [1.82, 2.24) is 15.3 Å². The molecule has 1 rings (SSSR count). The van der Waals surface area contributed by atoms with Crippen molar-refractivity contribution in [1.29, 1.82) is 0 Å². The lowest BCUT2D eigenvalue weighted by molar-refractivity contribution is -0.119. The summed E-state index contributed by atoms with van der Waals surface area (Å²) >= 11 is 0. The van der Waals surface area contributed by atoms with Gasteiger partial charge in [0.25, 0.3) is 0 Å². The topological polar surface area (TPSA) is 95.4 Å². The molecule has 0 spiro atoms. The van der Waals surface area contributed by atoms with Gasteiger partial charge in [-0.15, -0.1) is 0 Å². The molecule has 0 saturated carbocycles. The Hall–Kier alpha value is -2.18. The van der Waals surface area contributed by atoms with Crippen LogP contribution < -0.4 is 10.2 Å². The van der Waals surface area contributed by atoms with E-state index < -0.39 is 5.97 Å². The number of hydrogen-bond donors (Lipinski definition) is 2. The van der Waals surface area contributed by atoms with Gasteiger partial charge >= 0.3 is 5.97 Å².